The molecule has 0 bridgehead atoms. The zero-order valence-corrected chi connectivity index (χ0v) is 31.3. The first-order chi connectivity index (χ1) is 26.9. The van der Waals surface area contributed by atoms with E-state index in [0.717, 1.165) is 4.90 Å². The van der Waals surface area contributed by atoms with Crippen molar-refractivity contribution in [1.29, 1.82) is 0 Å². The molecule has 1 aliphatic heterocycles. The summed E-state index contributed by atoms with van der Waals surface area (Å²) < 4.78 is 0. The quantitative estimate of drug-likeness (QED) is 0.0208. The van der Waals surface area contributed by atoms with E-state index in [1.165, 1.54) is 0 Å². The Morgan fingerprint density at radius 1 is 0.684 bits per heavy atom. The van der Waals surface area contributed by atoms with Crippen molar-refractivity contribution >= 4 is 59.3 Å². The summed E-state index contributed by atoms with van der Waals surface area (Å²) in [5.74, 6) is -10.4. The largest absolute Gasteiger partial charge is 0.481 e. The Balaban J connectivity index is 3.28. The van der Waals surface area contributed by atoms with Crippen LogP contribution < -0.4 is 49.5 Å². The van der Waals surface area contributed by atoms with E-state index in [4.69, 9.17) is 28.0 Å². The average Bonchev–Trinajstić information content (AvgIpc) is 3.64. The van der Waals surface area contributed by atoms with Gasteiger partial charge in [-0.25, -0.2) is 4.79 Å². The fourth-order valence-electron chi connectivity index (χ4n) is 5.56. The third-order valence-electron chi connectivity index (χ3n) is 8.61. The highest BCUT2D eigenvalue weighted by atomic mass is 16.4. The summed E-state index contributed by atoms with van der Waals surface area (Å²) in [5, 5.41) is 58.1. The molecule has 1 saturated heterocycles. The molecule has 0 aromatic heterocycles. The minimum Gasteiger partial charge on any atom is -0.481 e. The maximum Gasteiger partial charge on any atom is 0.328 e. The van der Waals surface area contributed by atoms with Gasteiger partial charge in [0.25, 0.3) is 0 Å². The molecule has 0 saturated carbocycles. The number of aliphatic carboxylic acids is 3. The number of carboxylic acid groups (broad SMARTS) is 3. The monoisotopic (exact) mass is 817 g/mol. The minimum atomic E-state index is -1.82. The summed E-state index contributed by atoms with van der Waals surface area (Å²) in [7, 11) is 0. The van der Waals surface area contributed by atoms with Gasteiger partial charge in [0, 0.05) is 19.5 Å². The number of unbranched alkanes of at least 4 members (excludes halogenated alkanes) is 1. The molecule has 1 aliphatic rings. The van der Waals surface area contributed by atoms with Crippen molar-refractivity contribution in [3.05, 3.63) is 0 Å². The first kappa shape index (κ1) is 49.4. The maximum absolute atomic E-state index is 13.9. The number of nitrogens with zero attached hydrogens (tertiary/aromatic N) is 2. The number of hydrogen-bond acceptors (Lipinski definition) is 14. The average molecular weight is 818 g/mol. The lowest BCUT2D eigenvalue weighted by Gasteiger charge is -2.30. The number of aliphatic imine (C=N–C) groups is 1. The number of hydrogen-bond donors (Lipinski definition) is 14. The third-order valence-corrected chi connectivity index (χ3v) is 8.61. The molecule has 7 atom stereocenters. The molecule has 1 rings (SSSR count). The SMILES string of the molecule is NCCCC[C@H](NC(=O)[C@H](CO)NC(=O)[C@H](CC(=O)O)NC(=O)[C@@H](N)CCC(=O)O)C(=O)N[C@@H](CCCN=C(N)N)C(=O)N1CCC[C@H]1C(=O)N[C@@H](CO)C(=O)O. The van der Waals surface area contributed by atoms with Gasteiger partial charge in [-0.15, -0.1) is 0 Å². The summed E-state index contributed by atoms with van der Waals surface area (Å²) in [6, 6.07) is -10.6. The van der Waals surface area contributed by atoms with Gasteiger partial charge in [0.15, 0.2) is 5.96 Å². The summed E-state index contributed by atoms with van der Waals surface area (Å²) in [6.45, 7) is -1.68. The highest BCUT2D eigenvalue weighted by molar-refractivity contribution is 5.98. The Morgan fingerprint density at radius 2 is 1.25 bits per heavy atom. The van der Waals surface area contributed by atoms with E-state index < -0.39 is 122 Å². The van der Waals surface area contributed by atoms with Crippen molar-refractivity contribution in [2.24, 2.45) is 27.9 Å². The number of aliphatic hydroxyl groups is 2. The highest BCUT2D eigenvalue weighted by Crippen LogP contribution is 2.20. The van der Waals surface area contributed by atoms with Gasteiger partial charge < -0.3 is 80.0 Å². The zero-order valence-electron chi connectivity index (χ0n) is 31.3. The van der Waals surface area contributed by atoms with Crippen LogP contribution in [-0.4, -0.2) is 165 Å². The molecule has 1 heterocycles. The predicted molar refractivity (Wildman–Crippen MR) is 196 cm³/mol. The molecule has 0 aromatic carbocycles. The number of nitrogens with two attached hydrogens (primary N) is 4. The van der Waals surface area contributed by atoms with Crippen LogP contribution >= 0.6 is 0 Å². The number of likely N-dealkylation sites (tertiary alicyclic amines) is 1. The van der Waals surface area contributed by atoms with Crippen LogP contribution in [0.1, 0.15) is 64.2 Å². The summed E-state index contributed by atoms with van der Waals surface area (Å²) in [5.41, 5.74) is 22.0. The van der Waals surface area contributed by atoms with Crippen LogP contribution in [0.4, 0.5) is 0 Å². The van der Waals surface area contributed by atoms with Crippen molar-refractivity contribution in [2.45, 2.75) is 107 Å². The van der Waals surface area contributed by atoms with Crippen molar-refractivity contribution in [3.63, 3.8) is 0 Å². The van der Waals surface area contributed by atoms with Crippen molar-refractivity contribution in [3.8, 4) is 0 Å². The normalized spacial score (nSPS) is 16.7. The minimum absolute atomic E-state index is 0.0365. The van der Waals surface area contributed by atoms with Crippen LogP contribution in [-0.2, 0) is 43.2 Å². The smallest absolute Gasteiger partial charge is 0.328 e. The maximum atomic E-state index is 13.9. The van der Waals surface area contributed by atoms with Crippen LogP contribution in [0, 0.1) is 0 Å². The molecule has 0 aliphatic carbocycles. The predicted octanol–water partition coefficient (Wildman–Crippen LogP) is -6.68. The van der Waals surface area contributed by atoms with E-state index in [9.17, 15) is 63.6 Å². The molecular weight excluding hydrogens is 762 g/mol. The number of nitrogens with one attached hydrogen (secondary N) is 5. The molecule has 1 fully saturated rings. The first-order valence-electron chi connectivity index (χ1n) is 18.1. The third kappa shape index (κ3) is 17.8. The molecule has 6 amide bonds. The summed E-state index contributed by atoms with van der Waals surface area (Å²) in [4.78, 5) is 118. The van der Waals surface area contributed by atoms with Crippen LogP contribution in [0.2, 0.25) is 0 Å². The number of carbonyl (C=O) groups is 9. The van der Waals surface area contributed by atoms with E-state index in [-0.39, 0.29) is 64.1 Å². The van der Waals surface area contributed by atoms with E-state index in [1.54, 1.807) is 0 Å². The van der Waals surface area contributed by atoms with Gasteiger partial charge in [0.2, 0.25) is 35.4 Å². The molecule has 0 radical (unpaired) electrons. The van der Waals surface area contributed by atoms with Gasteiger partial charge in [0.1, 0.15) is 36.3 Å². The molecule has 0 spiro atoms. The fraction of sp³-hybridized carbons (Fsp3) is 0.688. The lowest BCUT2D eigenvalue weighted by molar-refractivity contribution is -0.145. The Labute approximate surface area is 326 Å². The van der Waals surface area contributed by atoms with Gasteiger partial charge in [-0.1, -0.05) is 0 Å². The van der Waals surface area contributed by atoms with Crippen LogP contribution in [0.5, 0.6) is 0 Å². The number of aliphatic hydroxyl groups excluding tert-OH is 2. The second-order valence-corrected chi connectivity index (χ2v) is 13.1. The Bertz CT molecular complexity index is 1460. The van der Waals surface area contributed by atoms with Gasteiger partial charge in [-0.2, -0.15) is 0 Å². The van der Waals surface area contributed by atoms with E-state index in [2.05, 4.69) is 31.6 Å². The van der Waals surface area contributed by atoms with E-state index in [0.29, 0.717) is 12.8 Å². The Kier molecular flexibility index (Phi) is 22.1. The fourth-order valence-corrected chi connectivity index (χ4v) is 5.56. The molecule has 25 nitrogen and oxygen atoms in total. The standard InChI is InChI=1S/C32H55N11O14/c33-10-2-1-5-17(38-28(53)20(14-44)41-27(52)19(13-24(48)49)40-25(50)16(34)8-9-23(46)47)26(51)39-18(6-3-11-37-32(35)36)30(55)43-12-4-7-22(43)29(54)42-21(15-45)31(56)57/h16-22,44-45H,1-15,33-34H2,(H,38,53)(H,39,51)(H,40,50)(H,41,52)(H,42,54)(H,46,47)(H,48,49)(H,56,57)(H4,35,36,37)/t16-,17-,18-,19-,20-,21-,22-/m0/s1. The summed E-state index contributed by atoms with van der Waals surface area (Å²) >= 11 is 0. The molecule has 25 heteroatoms. The first-order valence-corrected chi connectivity index (χ1v) is 18.1. The topological polar surface area (TPSA) is 435 Å². The van der Waals surface area contributed by atoms with Crippen LogP contribution in [0.15, 0.2) is 4.99 Å². The molecule has 0 aromatic rings. The van der Waals surface area contributed by atoms with Crippen LogP contribution in [0.25, 0.3) is 0 Å². The van der Waals surface area contributed by atoms with E-state index in [1.807, 2.05) is 0 Å². The molecule has 322 valence electrons. The van der Waals surface area contributed by atoms with Crippen molar-refractivity contribution in [2.75, 3.05) is 32.8 Å². The Morgan fingerprint density at radius 3 is 1.81 bits per heavy atom. The van der Waals surface area contributed by atoms with Gasteiger partial charge in [-0.3, -0.25) is 43.3 Å². The summed E-state index contributed by atoms with van der Waals surface area (Å²) in [6.07, 6.45) is -0.676. The molecule has 57 heavy (non-hydrogen) atoms. The number of amides is 6. The number of rotatable bonds is 27. The molecule has 18 N–H and O–H groups in total. The second kappa shape index (κ2) is 25.5. The zero-order chi connectivity index (χ0) is 43.2. The number of guanidine groups is 1. The number of carbonyl (C=O) groups excluding carboxylic acids is 6. The molecular formula is C32H55N11O14. The number of carboxylic acids is 3. The molecule has 0 unspecified atom stereocenters. The van der Waals surface area contributed by atoms with Gasteiger partial charge in [0.05, 0.1) is 25.7 Å². The lowest BCUT2D eigenvalue weighted by Crippen LogP contribution is -2.60. The lowest BCUT2D eigenvalue weighted by atomic mass is 10.0. The van der Waals surface area contributed by atoms with Crippen molar-refractivity contribution < 1.29 is 68.7 Å². The second-order valence-electron chi connectivity index (χ2n) is 13.1. The van der Waals surface area contributed by atoms with Crippen LogP contribution in [0.3, 0.4) is 0 Å². The highest BCUT2D eigenvalue weighted by Gasteiger charge is 2.39. The van der Waals surface area contributed by atoms with Gasteiger partial charge >= 0.3 is 17.9 Å². The van der Waals surface area contributed by atoms with Crippen molar-refractivity contribution in [1.82, 2.24) is 31.5 Å². The van der Waals surface area contributed by atoms with Gasteiger partial charge in [-0.05, 0) is 57.9 Å². The van der Waals surface area contributed by atoms with E-state index >= 15 is 0 Å². The Hall–Kier alpha value is -5.66.